The second-order valence-electron chi connectivity index (χ2n) is 3.52. The zero-order valence-electron chi connectivity index (χ0n) is 9.25. The maximum Gasteiger partial charge on any atom is 0.0617 e. The van der Waals surface area contributed by atoms with E-state index in [1.54, 1.807) is 7.11 Å². The van der Waals surface area contributed by atoms with Crippen LogP contribution in [0.2, 0.25) is 0 Å². The van der Waals surface area contributed by atoms with E-state index in [1.165, 1.54) is 6.42 Å². The van der Waals surface area contributed by atoms with Gasteiger partial charge < -0.3 is 15.4 Å². The van der Waals surface area contributed by atoms with E-state index < -0.39 is 0 Å². The normalized spacial score (nSPS) is 13.6. The standard InChI is InChI=1S/C10H24N2O/c1-4-8-12(2)10(9-13-3)6-5-7-11/h10H,4-9,11H2,1-3H3. The number of nitrogens with two attached hydrogens (primary N) is 1. The molecule has 0 spiro atoms. The van der Waals surface area contributed by atoms with Crippen LogP contribution in [0.15, 0.2) is 0 Å². The van der Waals surface area contributed by atoms with Gasteiger partial charge in [0.1, 0.15) is 0 Å². The Balaban J connectivity index is 3.75. The van der Waals surface area contributed by atoms with Crippen LogP contribution in [0.25, 0.3) is 0 Å². The molecule has 0 aromatic carbocycles. The van der Waals surface area contributed by atoms with Crippen molar-refractivity contribution in [1.29, 1.82) is 0 Å². The molecule has 0 saturated heterocycles. The van der Waals surface area contributed by atoms with Crippen LogP contribution in [0, 0.1) is 0 Å². The Labute approximate surface area is 82.2 Å². The van der Waals surface area contributed by atoms with E-state index in [-0.39, 0.29) is 0 Å². The molecule has 1 unspecified atom stereocenters. The van der Waals surface area contributed by atoms with Crippen molar-refractivity contribution < 1.29 is 4.74 Å². The lowest BCUT2D eigenvalue weighted by Gasteiger charge is -2.26. The second-order valence-corrected chi connectivity index (χ2v) is 3.52. The monoisotopic (exact) mass is 188 g/mol. The maximum absolute atomic E-state index is 5.49. The fourth-order valence-corrected chi connectivity index (χ4v) is 1.51. The first-order valence-electron chi connectivity index (χ1n) is 5.15. The van der Waals surface area contributed by atoms with Crippen molar-refractivity contribution in [3.63, 3.8) is 0 Å². The Bertz CT molecular complexity index is 109. The Kier molecular flexibility index (Phi) is 8.40. The third-order valence-corrected chi connectivity index (χ3v) is 2.30. The van der Waals surface area contributed by atoms with E-state index in [0.29, 0.717) is 6.04 Å². The number of hydrogen-bond acceptors (Lipinski definition) is 3. The molecule has 0 aliphatic heterocycles. The molecule has 0 amide bonds. The summed E-state index contributed by atoms with van der Waals surface area (Å²) in [5, 5.41) is 0. The van der Waals surface area contributed by atoms with Gasteiger partial charge in [-0.25, -0.2) is 0 Å². The third kappa shape index (κ3) is 6.02. The lowest BCUT2D eigenvalue weighted by atomic mass is 10.1. The molecule has 2 N–H and O–H groups in total. The minimum absolute atomic E-state index is 0.536. The number of likely N-dealkylation sites (N-methyl/N-ethyl adjacent to an activating group) is 1. The maximum atomic E-state index is 5.49. The molecule has 3 nitrogen and oxygen atoms in total. The van der Waals surface area contributed by atoms with Crippen molar-refractivity contribution in [3.05, 3.63) is 0 Å². The predicted octanol–water partition coefficient (Wildman–Crippen LogP) is 1.08. The highest BCUT2D eigenvalue weighted by atomic mass is 16.5. The van der Waals surface area contributed by atoms with E-state index >= 15 is 0 Å². The molecule has 0 saturated carbocycles. The van der Waals surface area contributed by atoms with Crippen molar-refractivity contribution in [2.45, 2.75) is 32.2 Å². The molecule has 0 fully saturated rings. The number of hydrogen-bond donors (Lipinski definition) is 1. The van der Waals surface area contributed by atoms with Gasteiger partial charge in [-0.3, -0.25) is 0 Å². The Morgan fingerprint density at radius 3 is 2.62 bits per heavy atom. The van der Waals surface area contributed by atoms with Gasteiger partial charge in [-0.05, 0) is 39.4 Å². The number of nitrogens with zero attached hydrogens (tertiary/aromatic N) is 1. The highest BCUT2D eigenvalue weighted by Crippen LogP contribution is 2.05. The number of ether oxygens (including phenoxy) is 1. The number of methoxy groups -OCH3 is 1. The summed E-state index contributed by atoms with van der Waals surface area (Å²) in [4.78, 5) is 2.36. The summed E-state index contributed by atoms with van der Waals surface area (Å²) in [7, 11) is 3.92. The summed E-state index contributed by atoms with van der Waals surface area (Å²) >= 11 is 0. The molecule has 80 valence electrons. The van der Waals surface area contributed by atoms with Gasteiger partial charge in [-0.1, -0.05) is 6.92 Å². The van der Waals surface area contributed by atoms with E-state index in [4.69, 9.17) is 10.5 Å². The molecular weight excluding hydrogens is 164 g/mol. The molecular formula is C10H24N2O. The van der Waals surface area contributed by atoms with Gasteiger partial charge in [0.05, 0.1) is 6.61 Å². The van der Waals surface area contributed by atoms with Gasteiger partial charge in [0.25, 0.3) is 0 Å². The average Bonchev–Trinajstić information content (AvgIpc) is 2.12. The summed E-state index contributed by atoms with van der Waals surface area (Å²) in [6.07, 6.45) is 3.42. The molecule has 0 aromatic rings. The quantitative estimate of drug-likeness (QED) is 0.619. The molecule has 0 rings (SSSR count). The van der Waals surface area contributed by atoms with Crippen molar-refractivity contribution >= 4 is 0 Å². The largest absolute Gasteiger partial charge is 0.383 e. The lowest BCUT2D eigenvalue weighted by molar-refractivity contribution is 0.100. The fraction of sp³-hybridized carbons (Fsp3) is 1.00. The minimum Gasteiger partial charge on any atom is -0.383 e. The van der Waals surface area contributed by atoms with Crippen molar-refractivity contribution in [3.8, 4) is 0 Å². The first kappa shape index (κ1) is 12.9. The van der Waals surface area contributed by atoms with Crippen molar-refractivity contribution in [2.24, 2.45) is 5.73 Å². The van der Waals surface area contributed by atoms with Gasteiger partial charge in [-0.2, -0.15) is 0 Å². The smallest absolute Gasteiger partial charge is 0.0617 e. The molecule has 1 atom stereocenters. The van der Waals surface area contributed by atoms with E-state index in [1.807, 2.05) is 0 Å². The van der Waals surface area contributed by atoms with Crippen LogP contribution < -0.4 is 5.73 Å². The fourth-order valence-electron chi connectivity index (χ4n) is 1.51. The zero-order valence-corrected chi connectivity index (χ0v) is 9.25. The van der Waals surface area contributed by atoms with Gasteiger partial charge >= 0.3 is 0 Å². The van der Waals surface area contributed by atoms with Gasteiger partial charge in [0.2, 0.25) is 0 Å². The van der Waals surface area contributed by atoms with Crippen LogP contribution in [0.1, 0.15) is 26.2 Å². The summed E-state index contributed by atoms with van der Waals surface area (Å²) in [5.41, 5.74) is 5.49. The molecule has 13 heavy (non-hydrogen) atoms. The van der Waals surface area contributed by atoms with Crippen LogP contribution >= 0.6 is 0 Å². The molecule has 3 heteroatoms. The van der Waals surface area contributed by atoms with E-state index in [2.05, 4.69) is 18.9 Å². The van der Waals surface area contributed by atoms with E-state index in [0.717, 1.165) is 32.5 Å². The van der Waals surface area contributed by atoms with Crippen LogP contribution in [0.5, 0.6) is 0 Å². The van der Waals surface area contributed by atoms with E-state index in [9.17, 15) is 0 Å². The van der Waals surface area contributed by atoms with Crippen molar-refractivity contribution in [1.82, 2.24) is 4.90 Å². The summed E-state index contributed by atoms with van der Waals surface area (Å²) < 4.78 is 5.19. The average molecular weight is 188 g/mol. The Hall–Kier alpha value is -0.120. The van der Waals surface area contributed by atoms with Crippen LogP contribution in [0.4, 0.5) is 0 Å². The summed E-state index contributed by atoms with van der Waals surface area (Å²) in [5.74, 6) is 0. The SMILES string of the molecule is CCCN(C)C(CCCN)COC. The molecule has 0 aromatic heterocycles. The highest BCUT2D eigenvalue weighted by Gasteiger charge is 2.12. The van der Waals surface area contributed by atoms with Crippen LogP contribution in [0.3, 0.4) is 0 Å². The molecule has 0 aliphatic carbocycles. The highest BCUT2D eigenvalue weighted by molar-refractivity contribution is 4.68. The van der Waals surface area contributed by atoms with Crippen molar-refractivity contribution in [2.75, 3.05) is 33.9 Å². The summed E-state index contributed by atoms with van der Waals surface area (Å²) in [6, 6.07) is 0.536. The second kappa shape index (κ2) is 8.48. The Morgan fingerprint density at radius 1 is 1.46 bits per heavy atom. The van der Waals surface area contributed by atoms with Crippen LogP contribution in [-0.2, 0) is 4.74 Å². The third-order valence-electron chi connectivity index (χ3n) is 2.30. The lowest BCUT2D eigenvalue weighted by Crippen LogP contribution is -2.36. The molecule has 0 radical (unpaired) electrons. The van der Waals surface area contributed by atoms with Gasteiger partial charge in [0, 0.05) is 13.2 Å². The first-order valence-corrected chi connectivity index (χ1v) is 5.15. The topological polar surface area (TPSA) is 38.5 Å². The van der Waals surface area contributed by atoms with Gasteiger partial charge in [-0.15, -0.1) is 0 Å². The van der Waals surface area contributed by atoms with Gasteiger partial charge in [0.15, 0.2) is 0 Å². The number of rotatable bonds is 8. The first-order chi connectivity index (χ1) is 6.26. The molecule has 0 aliphatic rings. The minimum atomic E-state index is 0.536. The Morgan fingerprint density at radius 2 is 2.15 bits per heavy atom. The molecule has 0 bridgehead atoms. The molecule has 0 heterocycles. The predicted molar refractivity (Wildman–Crippen MR) is 56.9 cm³/mol. The zero-order chi connectivity index (χ0) is 10.1. The van der Waals surface area contributed by atoms with Crippen LogP contribution in [-0.4, -0.2) is 44.8 Å². The summed E-state index contributed by atoms with van der Waals surface area (Å²) in [6.45, 7) is 4.93.